The van der Waals surface area contributed by atoms with Crippen molar-refractivity contribution in [2.24, 2.45) is 0 Å². The molecule has 0 bridgehead atoms. The zero-order chi connectivity index (χ0) is 29.5. The minimum Gasteiger partial charge on any atom is -0.340 e. The van der Waals surface area contributed by atoms with E-state index in [-0.39, 0.29) is 0 Å². The van der Waals surface area contributed by atoms with Crippen LogP contribution in [0, 0.1) is 22.5 Å². The zero-order valence-electron chi connectivity index (χ0n) is 21.2. The van der Waals surface area contributed by atoms with E-state index < -0.39 is 0 Å². The van der Waals surface area contributed by atoms with E-state index in [1.807, 2.05) is 41.5 Å². The Balaban J connectivity index is 1.84. The first-order chi connectivity index (χ1) is 19.9. The monoisotopic (exact) mass is 673 g/mol. The van der Waals surface area contributed by atoms with E-state index in [1.165, 1.54) is 0 Å². The highest BCUT2D eigenvalue weighted by atomic mass is 35.5. The number of allylic oxidation sites excluding steroid dienone is 2. The third-order valence-electron chi connectivity index (χ3n) is 5.88. The predicted molar refractivity (Wildman–Crippen MR) is 166 cm³/mol. The molecule has 2 aromatic carbocycles. The number of nitrogens with zero attached hydrogens (tertiary/aromatic N) is 3. The Bertz CT molecular complexity index is 1640. The van der Waals surface area contributed by atoms with Crippen LogP contribution in [0.2, 0.25) is 20.1 Å². The van der Waals surface area contributed by atoms with Gasteiger partial charge in [0.05, 0.1) is 48.2 Å². The summed E-state index contributed by atoms with van der Waals surface area (Å²) in [4.78, 5) is 3.74. The van der Waals surface area contributed by atoms with Gasteiger partial charge in [-0.2, -0.15) is 0 Å². The molecule has 3 aromatic rings. The van der Waals surface area contributed by atoms with Crippen LogP contribution in [0.5, 0.6) is 0 Å². The Morgan fingerprint density at radius 3 is 2.15 bits per heavy atom. The fourth-order valence-electron chi connectivity index (χ4n) is 4.34. The third kappa shape index (κ3) is 6.90. The molecule has 0 saturated carbocycles. The first-order valence-electron chi connectivity index (χ1n) is 11.6. The molecule has 1 aliphatic heterocycles. The molecule has 0 spiro atoms. The van der Waals surface area contributed by atoms with Crippen molar-refractivity contribution in [3.8, 4) is 22.5 Å². The van der Waals surface area contributed by atoms with Gasteiger partial charge in [-0.1, -0.05) is 62.6 Å². The van der Waals surface area contributed by atoms with Crippen molar-refractivity contribution in [3.05, 3.63) is 73.6 Å². The van der Waals surface area contributed by atoms with E-state index in [0.717, 1.165) is 22.3 Å². The highest BCUT2D eigenvalue weighted by Crippen LogP contribution is 2.45. The van der Waals surface area contributed by atoms with E-state index in [0.29, 0.717) is 74.3 Å². The maximum atomic E-state index is 8.44. The van der Waals surface area contributed by atoms with Crippen LogP contribution in [0.3, 0.4) is 0 Å². The van der Waals surface area contributed by atoms with Gasteiger partial charge in [-0.15, -0.1) is 8.67 Å². The van der Waals surface area contributed by atoms with Crippen LogP contribution < -0.4 is 9.80 Å². The van der Waals surface area contributed by atoms with Crippen molar-refractivity contribution in [1.82, 2.24) is 4.57 Å². The van der Waals surface area contributed by atoms with E-state index in [1.54, 1.807) is 29.2 Å². The number of anilines is 2. The third-order valence-corrected chi connectivity index (χ3v) is 7.94. The van der Waals surface area contributed by atoms with Crippen LogP contribution in [-0.4, -0.2) is 21.6 Å². The van der Waals surface area contributed by atoms with Crippen molar-refractivity contribution >= 4 is 98.8 Å². The van der Waals surface area contributed by atoms with Gasteiger partial charge in [0.2, 0.25) is 0 Å². The maximum Gasteiger partial charge on any atom is 0.126 e. The molecule has 41 heavy (non-hydrogen) atoms. The van der Waals surface area contributed by atoms with Crippen molar-refractivity contribution in [1.29, 1.82) is 0 Å². The molecule has 0 unspecified atom stereocenters. The summed E-state index contributed by atoms with van der Waals surface area (Å²) in [5, 5.41) is 31.9. The smallest absolute Gasteiger partial charge is 0.126 e. The number of hydrogen-bond acceptors (Lipinski definition) is 10. The largest absolute Gasteiger partial charge is 0.340 e. The molecule has 1 aliphatic rings. The molecule has 0 radical (unpaired) electrons. The maximum absolute atomic E-state index is 8.44. The van der Waals surface area contributed by atoms with E-state index in [2.05, 4.69) is 41.2 Å². The minimum absolute atomic E-state index is 0.370. The van der Waals surface area contributed by atoms with Gasteiger partial charge in [0.25, 0.3) is 0 Å². The molecule has 0 saturated heterocycles. The molecule has 0 aliphatic carbocycles. The van der Waals surface area contributed by atoms with Gasteiger partial charge in [0.1, 0.15) is 29.9 Å². The molecule has 2 heterocycles. The average Bonchev–Trinajstić information content (AvgIpc) is 3.39. The average molecular weight is 675 g/mol. The van der Waals surface area contributed by atoms with Gasteiger partial charge < -0.3 is 9.47 Å². The fourth-order valence-corrected chi connectivity index (χ4v) is 5.38. The summed E-state index contributed by atoms with van der Waals surface area (Å²) in [5.74, 6) is 3.75. The SMILES string of the molecule is CCN1/C(=C/C=C/c2c(C#CSOOO)c3cc(Cl)c(Cl)cc3n2CC)N(C#CSOOO)c2cc(Cl)c(Cl)cc21. The number of hydrogen-bond donors (Lipinski definition) is 2. The van der Waals surface area contributed by atoms with Crippen LogP contribution in [0.25, 0.3) is 17.0 Å². The number of fused-ring (bicyclic) bond motifs is 2. The molecule has 0 fully saturated rings. The van der Waals surface area contributed by atoms with Gasteiger partial charge in [-0.05, 0) is 56.2 Å². The van der Waals surface area contributed by atoms with Crippen molar-refractivity contribution in [2.45, 2.75) is 20.4 Å². The molecule has 214 valence electrons. The van der Waals surface area contributed by atoms with Crippen molar-refractivity contribution in [2.75, 3.05) is 16.3 Å². The topological polar surface area (TPSA) is 88.8 Å². The lowest BCUT2D eigenvalue weighted by molar-refractivity contribution is -0.431. The van der Waals surface area contributed by atoms with Crippen LogP contribution >= 0.6 is 70.5 Å². The lowest BCUT2D eigenvalue weighted by atomic mass is 10.1. The molecule has 0 amide bonds. The predicted octanol–water partition coefficient (Wildman–Crippen LogP) is 8.84. The zero-order valence-corrected chi connectivity index (χ0v) is 25.8. The second kappa shape index (κ2) is 14.8. The Morgan fingerprint density at radius 1 is 0.854 bits per heavy atom. The normalized spacial score (nSPS) is 13.6. The highest BCUT2D eigenvalue weighted by molar-refractivity contribution is 7.99. The molecule has 1 aromatic heterocycles. The number of aromatic nitrogens is 1. The first kappa shape index (κ1) is 31.7. The Hall–Kier alpha value is -2.20. The van der Waals surface area contributed by atoms with Gasteiger partial charge in [0.15, 0.2) is 0 Å². The van der Waals surface area contributed by atoms with Crippen LogP contribution in [0.1, 0.15) is 25.1 Å². The first-order valence-corrected chi connectivity index (χ1v) is 14.6. The van der Waals surface area contributed by atoms with Gasteiger partial charge >= 0.3 is 0 Å². The van der Waals surface area contributed by atoms with Crippen molar-refractivity contribution < 1.29 is 29.3 Å². The molecule has 4 rings (SSSR count). The Kier molecular flexibility index (Phi) is 11.5. The molecular weight excluding hydrogens is 656 g/mol. The lowest BCUT2D eigenvalue weighted by Crippen LogP contribution is -2.25. The van der Waals surface area contributed by atoms with E-state index in [9.17, 15) is 0 Å². The summed E-state index contributed by atoms with van der Waals surface area (Å²) < 4.78 is 10.8. The van der Waals surface area contributed by atoms with Gasteiger partial charge in [-0.25, -0.2) is 10.5 Å². The number of aryl methyl sites for hydroxylation is 1. The van der Waals surface area contributed by atoms with Crippen LogP contribution in [-0.2, 0) is 25.3 Å². The van der Waals surface area contributed by atoms with Crippen LogP contribution in [0.4, 0.5) is 11.4 Å². The second-order valence-corrected chi connectivity index (χ2v) is 10.5. The summed E-state index contributed by atoms with van der Waals surface area (Å²) in [5.41, 5.74) is 3.80. The number of rotatable bonds is 8. The molecule has 2 N–H and O–H groups in total. The quantitative estimate of drug-likeness (QED) is 0.0794. The fraction of sp³-hybridized carbons (Fsp3) is 0.154. The Morgan fingerprint density at radius 2 is 1.49 bits per heavy atom. The molecule has 9 nitrogen and oxygen atoms in total. The Labute approximate surface area is 264 Å². The molecular formula is C26H19Cl4N3O6S2. The molecule has 15 heteroatoms. The summed E-state index contributed by atoms with van der Waals surface area (Å²) in [6.07, 6.45) is 5.63. The highest BCUT2D eigenvalue weighted by Gasteiger charge is 2.30. The number of halogens is 4. The van der Waals surface area contributed by atoms with Gasteiger partial charge in [0, 0.05) is 35.0 Å². The summed E-state index contributed by atoms with van der Waals surface area (Å²) in [7, 11) is 0. The lowest BCUT2D eigenvalue weighted by Gasteiger charge is -2.20. The minimum atomic E-state index is 0.370. The van der Waals surface area contributed by atoms with E-state index >= 15 is 0 Å². The summed E-state index contributed by atoms with van der Waals surface area (Å²) in [6.45, 7) is 5.20. The van der Waals surface area contributed by atoms with Gasteiger partial charge in [-0.3, -0.25) is 4.90 Å². The molecule has 0 atom stereocenters. The summed E-state index contributed by atoms with van der Waals surface area (Å²) in [6, 6.07) is 10.0. The summed E-state index contributed by atoms with van der Waals surface area (Å²) >= 11 is 26.6. The van der Waals surface area contributed by atoms with Crippen molar-refractivity contribution in [3.63, 3.8) is 0 Å². The van der Waals surface area contributed by atoms with E-state index in [4.69, 9.17) is 56.9 Å². The standard InChI is InChI=1S/C26H19Cl4N3O6S2/c1-3-31-22(16(8-10-40-38-36-34)17-12-18(27)19(28)13-23(17)31)6-5-7-26-32(4-2)24-14-20(29)21(30)15-25(24)33(26)9-11-41-39-37-35/h5-7,12-15,34-35H,3-4H2,1-2H3/b6-5+,26-7-. The number of benzene rings is 2. The second-order valence-electron chi connectivity index (χ2n) is 7.90. The van der Waals surface area contributed by atoms with Crippen LogP contribution in [0.15, 0.2) is 42.2 Å².